The lowest BCUT2D eigenvalue weighted by Gasteiger charge is -2.41. The Hall–Kier alpha value is -5.31. The molecule has 89 heavy (non-hydrogen) atoms. The van der Waals surface area contributed by atoms with E-state index in [1.54, 1.807) is 34.6 Å². The number of hydrogen-bond acceptors (Lipinski definition) is 13. The van der Waals surface area contributed by atoms with Crippen molar-refractivity contribution in [2.75, 3.05) is 70.0 Å². The van der Waals surface area contributed by atoms with Crippen molar-refractivity contribution in [1.29, 1.82) is 0 Å². The van der Waals surface area contributed by atoms with E-state index in [0.29, 0.717) is 12.8 Å². The Balaban J connectivity index is 4.39. The van der Waals surface area contributed by atoms with Crippen LogP contribution < -0.4 is 5.32 Å². The van der Waals surface area contributed by atoms with E-state index in [4.69, 9.17) is 0 Å². The number of amides is 8. The summed E-state index contributed by atoms with van der Waals surface area (Å²) in [4.78, 5) is 174. The van der Waals surface area contributed by atoms with Crippen molar-refractivity contribution in [2.24, 2.45) is 59.2 Å². The van der Waals surface area contributed by atoms with Gasteiger partial charge in [-0.25, -0.2) is 0 Å². The fraction of sp³-hybridized carbons (Fsp3) is 0.838. The highest BCUT2D eigenvalue weighted by atomic mass is 16.3. The number of likely N-dealkylation sites (N-methyl/N-ethyl adjacent to an activating group) is 7. The van der Waals surface area contributed by atoms with Gasteiger partial charge in [0.15, 0.2) is 17.3 Å². The summed E-state index contributed by atoms with van der Waals surface area (Å²) in [5.41, 5.74) is 0. The molecule has 13 atom stereocenters. The second kappa shape index (κ2) is 37.3. The van der Waals surface area contributed by atoms with Gasteiger partial charge in [0.1, 0.15) is 36.3 Å². The van der Waals surface area contributed by atoms with Gasteiger partial charge in [-0.2, -0.15) is 0 Å². The lowest BCUT2D eigenvalue weighted by Crippen LogP contribution is -2.61. The number of hydrogen-bond donors (Lipinski definition) is 2. The topological polar surface area (TPSA) is 246 Å². The summed E-state index contributed by atoms with van der Waals surface area (Å²) in [6.07, 6.45) is 0.647. The Kier molecular flexibility index (Phi) is 34.2. The molecule has 0 spiro atoms. The minimum atomic E-state index is -1.48. The van der Waals surface area contributed by atoms with E-state index in [9.17, 15) is 38.7 Å². The highest BCUT2D eigenvalue weighted by Gasteiger charge is 2.46. The Morgan fingerprint density at radius 3 is 1.31 bits per heavy atom. The van der Waals surface area contributed by atoms with Crippen LogP contribution in [-0.2, 0) is 52.7 Å². The maximum Gasteiger partial charge on any atom is 0.246 e. The smallest absolute Gasteiger partial charge is 0.246 e. The molecule has 0 aromatic carbocycles. The second-order valence-corrected chi connectivity index (χ2v) is 28.9. The number of carbonyl (C=O) groups excluding carboxylic acids is 11. The van der Waals surface area contributed by atoms with Gasteiger partial charge in [0.2, 0.25) is 47.3 Å². The Morgan fingerprint density at radius 1 is 0.461 bits per heavy atom. The minimum absolute atomic E-state index is 0.0678. The molecule has 0 aromatic rings. The largest absolute Gasteiger partial charge is 0.390 e. The maximum absolute atomic E-state index is 15.3. The van der Waals surface area contributed by atoms with E-state index in [1.165, 1.54) is 90.6 Å². The molecule has 21 nitrogen and oxygen atoms in total. The number of Topliss-reactive ketones (excluding diaryl/α,β-unsaturated/α-hetero) is 3. The molecular formula is C68H123N9O12. The number of ketones is 3. The van der Waals surface area contributed by atoms with Crippen LogP contribution in [-0.4, -0.2) is 233 Å². The number of unbranched alkanes of at least 4 members (excludes halogenated alkanes) is 1. The first-order chi connectivity index (χ1) is 41.0. The summed E-state index contributed by atoms with van der Waals surface area (Å²) in [5, 5.41) is 15.1. The van der Waals surface area contributed by atoms with Crippen molar-refractivity contribution in [1.82, 2.24) is 44.5 Å². The fourth-order valence-corrected chi connectivity index (χ4v) is 12.3. The lowest BCUT2D eigenvalue weighted by molar-refractivity contribution is -0.157. The van der Waals surface area contributed by atoms with E-state index in [2.05, 4.69) is 10.2 Å². The van der Waals surface area contributed by atoms with Gasteiger partial charge in [0.05, 0.1) is 18.2 Å². The van der Waals surface area contributed by atoms with Crippen molar-refractivity contribution >= 4 is 64.6 Å². The van der Waals surface area contributed by atoms with E-state index in [0.717, 1.165) is 13.0 Å². The van der Waals surface area contributed by atoms with Crippen LogP contribution >= 0.6 is 0 Å². The van der Waals surface area contributed by atoms with Crippen LogP contribution in [0.4, 0.5) is 0 Å². The molecule has 1 rings (SSSR count). The fourth-order valence-electron chi connectivity index (χ4n) is 12.3. The van der Waals surface area contributed by atoms with Crippen LogP contribution in [0.1, 0.15) is 188 Å². The van der Waals surface area contributed by atoms with Gasteiger partial charge in [0.25, 0.3) is 0 Å². The third-order valence-corrected chi connectivity index (χ3v) is 18.3. The molecule has 0 bridgehead atoms. The molecule has 1 heterocycles. The zero-order valence-corrected chi connectivity index (χ0v) is 60.0. The van der Waals surface area contributed by atoms with Crippen molar-refractivity contribution in [3.05, 3.63) is 0 Å². The van der Waals surface area contributed by atoms with Crippen LogP contribution in [0.5, 0.6) is 0 Å². The average molecular weight is 1260 g/mol. The van der Waals surface area contributed by atoms with Crippen LogP contribution in [0.25, 0.3) is 0 Å². The molecule has 0 radical (unpaired) electrons. The average Bonchev–Trinajstić information content (AvgIpc) is 0.936. The van der Waals surface area contributed by atoms with Crippen molar-refractivity contribution < 1.29 is 57.8 Å². The molecule has 1 aliphatic rings. The number of rotatable bonds is 18. The highest BCUT2D eigenvalue weighted by molar-refractivity contribution is 6.00. The van der Waals surface area contributed by atoms with Gasteiger partial charge >= 0.3 is 0 Å². The minimum Gasteiger partial charge on any atom is -0.390 e. The molecular weight excluding hydrogens is 1130 g/mol. The van der Waals surface area contributed by atoms with Crippen molar-refractivity contribution in [2.45, 2.75) is 243 Å². The molecule has 0 aromatic heterocycles. The Labute approximate surface area is 536 Å². The van der Waals surface area contributed by atoms with Crippen LogP contribution in [0.3, 0.4) is 0 Å². The molecule has 0 aliphatic carbocycles. The summed E-state index contributed by atoms with van der Waals surface area (Å²) in [5.74, 6) is -10.7. The lowest BCUT2D eigenvalue weighted by atomic mass is 9.84. The second-order valence-electron chi connectivity index (χ2n) is 28.9. The number of aliphatic hydroxyl groups is 1. The standard InChI is InChI=1S/C68H123N9O12/c1-27-49-37-57(80)59(60(81)45(14)30-28-29-31-70(18)19)77(26)68(89)58(44(12)13)76(25)67(88)54(35-42(8)9)75(24)66(87)53(34-41(6)7)74(23)62(83)47(16)69-61(82)46(15)36-55(78)51(32-39(2)3)73(22)65(86)50(43(10)11)38-56(79)52(33-40(4)5)72(21)63(84)48(17)71(20)64(49)85/h39-54,58-60,81H,27-38H2,1-26H3,(H,69,82)/t45-,46+,47+,48-,49+,50-,51-,52+,53-,54-,58-,59+,60+/m1/s1. The number of aliphatic hydroxyl groups excluding tert-OH is 1. The number of nitrogens with one attached hydrogen (secondary N) is 1. The normalized spacial score (nSPS) is 27.3. The van der Waals surface area contributed by atoms with E-state index in [1.807, 2.05) is 90.3 Å². The SMILES string of the molecule is CC[C@H]1CC(=O)[C@@H]([C@@H](O)[C@H](C)CCCCN(C)C)N(C)C(=O)[C@@H](C(C)C)N(C)C(=O)[C@@H](CC(C)C)N(C)C(=O)[C@@H](CC(C)C)N(C)C(=O)[C@H](C)NC(=O)[C@@H](C)CC(=O)[C@@H](CC(C)C)N(C)C(=O)[C@@H](C(C)C)CC(=O)[C@H](CC(C)C)N(C)C(=O)[C@@H](C)N(C)C1=O. The van der Waals surface area contributed by atoms with Gasteiger partial charge < -0.3 is 49.6 Å². The first-order valence-corrected chi connectivity index (χ1v) is 33.1. The molecule has 8 amide bonds. The van der Waals surface area contributed by atoms with Crippen molar-refractivity contribution in [3.63, 3.8) is 0 Å². The van der Waals surface area contributed by atoms with Crippen LogP contribution in [0.15, 0.2) is 0 Å². The quantitative estimate of drug-likeness (QED) is 0.136. The summed E-state index contributed by atoms with van der Waals surface area (Å²) in [7, 11) is 14.3. The summed E-state index contributed by atoms with van der Waals surface area (Å²) < 4.78 is 0. The molecule has 512 valence electrons. The van der Waals surface area contributed by atoms with E-state index < -0.39 is 143 Å². The molecule has 0 saturated carbocycles. The molecule has 1 fully saturated rings. The predicted molar refractivity (Wildman–Crippen MR) is 350 cm³/mol. The number of carbonyl (C=O) groups is 11. The molecule has 1 saturated heterocycles. The Morgan fingerprint density at radius 2 is 0.876 bits per heavy atom. The molecule has 1 aliphatic heterocycles. The van der Waals surface area contributed by atoms with E-state index in [-0.39, 0.29) is 86.1 Å². The van der Waals surface area contributed by atoms with Crippen molar-refractivity contribution in [3.8, 4) is 0 Å². The van der Waals surface area contributed by atoms with Crippen LogP contribution in [0, 0.1) is 59.2 Å². The molecule has 21 heteroatoms. The maximum atomic E-state index is 15.3. The zero-order chi connectivity index (χ0) is 69.1. The summed E-state index contributed by atoms with van der Waals surface area (Å²) >= 11 is 0. The molecule has 2 N–H and O–H groups in total. The zero-order valence-electron chi connectivity index (χ0n) is 60.0. The Bertz CT molecular complexity index is 2380. The van der Waals surface area contributed by atoms with Gasteiger partial charge in [-0.05, 0) is 121 Å². The van der Waals surface area contributed by atoms with Gasteiger partial charge in [-0.3, -0.25) is 52.7 Å². The van der Waals surface area contributed by atoms with Crippen LogP contribution in [0.2, 0.25) is 0 Å². The van der Waals surface area contributed by atoms with Gasteiger partial charge in [-0.1, -0.05) is 110 Å². The van der Waals surface area contributed by atoms with Gasteiger partial charge in [0, 0.05) is 86.3 Å². The third-order valence-electron chi connectivity index (χ3n) is 18.3. The highest BCUT2D eigenvalue weighted by Crippen LogP contribution is 2.30. The third kappa shape index (κ3) is 23.4. The summed E-state index contributed by atoms with van der Waals surface area (Å²) in [6.45, 7) is 31.3. The number of nitrogens with zero attached hydrogens (tertiary/aromatic N) is 8. The first-order valence-electron chi connectivity index (χ1n) is 33.1. The first kappa shape index (κ1) is 81.7. The summed E-state index contributed by atoms with van der Waals surface area (Å²) in [6, 6.07) is -9.24. The molecule has 0 unspecified atom stereocenters. The van der Waals surface area contributed by atoms with E-state index >= 15 is 19.2 Å². The monoisotopic (exact) mass is 1260 g/mol. The van der Waals surface area contributed by atoms with Gasteiger partial charge in [-0.15, -0.1) is 0 Å². The predicted octanol–water partition coefficient (Wildman–Crippen LogP) is 6.70.